The number of aryl methyl sites for hydroxylation is 1. The van der Waals surface area contributed by atoms with Crippen molar-refractivity contribution in [2.24, 2.45) is 5.92 Å². The summed E-state index contributed by atoms with van der Waals surface area (Å²) in [5.74, 6) is 2.89. The quantitative estimate of drug-likeness (QED) is 0.762. The minimum Gasteiger partial charge on any atom is -0.496 e. The molecule has 0 unspecified atom stereocenters. The lowest BCUT2D eigenvalue weighted by Gasteiger charge is -2.23. The van der Waals surface area contributed by atoms with E-state index in [1.54, 1.807) is 7.11 Å². The molecule has 1 aromatic carbocycles. The van der Waals surface area contributed by atoms with E-state index in [4.69, 9.17) is 9.47 Å². The van der Waals surface area contributed by atoms with Crippen LogP contribution in [0.25, 0.3) is 0 Å². The van der Waals surface area contributed by atoms with Gasteiger partial charge in [-0.15, -0.1) is 10.2 Å². The van der Waals surface area contributed by atoms with Crippen molar-refractivity contribution in [3.05, 3.63) is 41.0 Å². The molecular formula is C23H33N5O3. The van der Waals surface area contributed by atoms with Crippen LogP contribution in [-0.2, 0) is 29.0 Å². The summed E-state index contributed by atoms with van der Waals surface area (Å²) in [5.41, 5.74) is 2.44. The van der Waals surface area contributed by atoms with Gasteiger partial charge in [-0.05, 0) is 43.9 Å². The van der Waals surface area contributed by atoms with Crippen molar-refractivity contribution in [1.82, 2.24) is 25.0 Å². The van der Waals surface area contributed by atoms with Crippen LogP contribution in [0.15, 0.2) is 18.2 Å². The third-order valence-electron chi connectivity index (χ3n) is 6.35. The minimum absolute atomic E-state index is 0.0335. The number of hydrogen-bond donors (Lipinski definition) is 1. The van der Waals surface area contributed by atoms with E-state index in [0.29, 0.717) is 13.2 Å². The van der Waals surface area contributed by atoms with Crippen molar-refractivity contribution in [2.45, 2.75) is 52.2 Å². The highest BCUT2D eigenvalue weighted by molar-refractivity contribution is 5.79. The lowest BCUT2D eigenvalue weighted by molar-refractivity contribution is -0.128. The SMILES string of the molecule is COc1ccc(CN2CCc3nnc([C@H](C)NC(=O)C4CCOCC4)n3CC2)cc1C. The predicted molar refractivity (Wildman–Crippen MR) is 117 cm³/mol. The molecule has 1 atom stereocenters. The molecule has 1 saturated heterocycles. The summed E-state index contributed by atoms with van der Waals surface area (Å²) in [7, 11) is 1.71. The highest BCUT2D eigenvalue weighted by Crippen LogP contribution is 2.22. The summed E-state index contributed by atoms with van der Waals surface area (Å²) in [6.45, 7) is 8.98. The van der Waals surface area contributed by atoms with Crippen molar-refractivity contribution in [2.75, 3.05) is 33.4 Å². The van der Waals surface area contributed by atoms with Crippen LogP contribution in [0.1, 0.15) is 48.6 Å². The predicted octanol–water partition coefficient (Wildman–Crippen LogP) is 2.26. The molecule has 8 nitrogen and oxygen atoms in total. The number of rotatable bonds is 6. The fourth-order valence-electron chi connectivity index (χ4n) is 4.52. The molecule has 2 aliphatic heterocycles. The number of carbonyl (C=O) groups is 1. The molecule has 2 aromatic rings. The van der Waals surface area contributed by atoms with E-state index in [1.165, 1.54) is 5.56 Å². The summed E-state index contributed by atoms with van der Waals surface area (Å²) in [5, 5.41) is 12.0. The molecule has 0 aliphatic carbocycles. The van der Waals surface area contributed by atoms with Crippen LogP contribution in [0.4, 0.5) is 0 Å². The van der Waals surface area contributed by atoms with Gasteiger partial charge in [-0.25, -0.2) is 0 Å². The number of methoxy groups -OCH3 is 1. The monoisotopic (exact) mass is 427 g/mol. The van der Waals surface area contributed by atoms with Crippen molar-refractivity contribution in [1.29, 1.82) is 0 Å². The van der Waals surface area contributed by atoms with E-state index in [-0.39, 0.29) is 17.9 Å². The molecule has 1 amide bonds. The second kappa shape index (κ2) is 9.78. The second-order valence-electron chi connectivity index (χ2n) is 8.57. The van der Waals surface area contributed by atoms with Gasteiger partial charge >= 0.3 is 0 Å². The third-order valence-corrected chi connectivity index (χ3v) is 6.35. The van der Waals surface area contributed by atoms with Crippen molar-refractivity contribution < 1.29 is 14.3 Å². The molecule has 3 heterocycles. The van der Waals surface area contributed by atoms with E-state index in [0.717, 1.165) is 68.4 Å². The largest absolute Gasteiger partial charge is 0.496 e. The van der Waals surface area contributed by atoms with E-state index >= 15 is 0 Å². The first kappa shape index (κ1) is 21.8. The Morgan fingerprint density at radius 2 is 2.06 bits per heavy atom. The lowest BCUT2D eigenvalue weighted by Crippen LogP contribution is -2.36. The molecule has 168 valence electrons. The Bertz CT molecular complexity index is 907. The van der Waals surface area contributed by atoms with Gasteiger partial charge in [-0.3, -0.25) is 9.69 Å². The van der Waals surface area contributed by atoms with Gasteiger partial charge in [-0.2, -0.15) is 0 Å². The Kier molecular flexibility index (Phi) is 6.87. The zero-order chi connectivity index (χ0) is 21.8. The highest BCUT2D eigenvalue weighted by Gasteiger charge is 2.26. The smallest absolute Gasteiger partial charge is 0.223 e. The molecule has 4 rings (SSSR count). The molecular weight excluding hydrogens is 394 g/mol. The second-order valence-corrected chi connectivity index (χ2v) is 8.57. The molecule has 31 heavy (non-hydrogen) atoms. The average molecular weight is 428 g/mol. The van der Waals surface area contributed by atoms with Crippen LogP contribution < -0.4 is 10.1 Å². The minimum atomic E-state index is -0.160. The highest BCUT2D eigenvalue weighted by atomic mass is 16.5. The maximum absolute atomic E-state index is 12.6. The number of nitrogens with one attached hydrogen (secondary N) is 1. The van der Waals surface area contributed by atoms with E-state index in [1.807, 2.05) is 13.0 Å². The molecule has 0 saturated carbocycles. The number of carbonyl (C=O) groups excluding carboxylic acids is 1. The maximum atomic E-state index is 12.6. The third kappa shape index (κ3) is 5.07. The summed E-state index contributed by atoms with van der Waals surface area (Å²) < 4.78 is 12.9. The fraction of sp³-hybridized carbons (Fsp3) is 0.609. The molecule has 1 N–H and O–H groups in total. The molecule has 2 aliphatic rings. The van der Waals surface area contributed by atoms with Crippen LogP contribution in [0, 0.1) is 12.8 Å². The van der Waals surface area contributed by atoms with Gasteiger partial charge < -0.3 is 19.4 Å². The average Bonchev–Trinajstić information content (AvgIpc) is 3.09. The van der Waals surface area contributed by atoms with Crippen LogP contribution in [0.2, 0.25) is 0 Å². The normalized spacial score (nSPS) is 18.8. The number of nitrogens with zero attached hydrogens (tertiary/aromatic N) is 4. The van der Waals surface area contributed by atoms with Gasteiger partial charge in [-0.1, -0.05) is 12.1 Å². The molecule has 8 heteroatoms. The number of amides is 1. The number of benzene rings is 1. The Hall–Kier alpha value is -2.45. The molecule has 0 bridgehead atoms. The van der Waals surface area contributed by atoms with Crippen molar-refractivity contribution in [3.8, 4) is 5.75 Å². The van der Waals surface area contributed by atoms with Gasteiger partial charge in [0.2, 0.25) is 5.91 Å². The summed E-state index contributed by atoms with van der Waals surface area (Å²) in [6.07, 6.45) is 2.43. The number of aromatic nitrogens is 3. The first-order valence-electron chi connectivity index (χ1n) is 11.2. The molecule has 1 fully saturated rings. The zero-order valence-electron chi connectivity index (χ0n) is 18.8. The van der Waals surface area contributed by atoms with Crippen LogP contribution in [-0.4, -0.2) is 59.0 Å². The molecule has 0 spiro atoms. The van der Waals surface area contributed by atoms with Gasteiger partial charge in [0.15, 0.2) is 5.82 Å². The fourth-order valence-corrected chi connectivity index (χ4v) is 4.52. The zero-order valence-corrected chi connectivity index (χ0v) is 18.8. The summed E-state index contributed by atoms with van der Waals surface area (Å²) in [6, 6.07) is 6.21. The Labute approximate surface area is 183 Å². The Morgan fingerprint density at radius 3 is 2.81 bits per heavy atom. The number of ether oxygens (including phenoxy) is 2. The van der Waals surface area contributed by atoms with Crippen molar-refractivity contribution in [3.63, 3.8) is 0 Å². The van der Waals surface area contributed by atoms with Crippen molar-refractivity contribution >= 4 is 5.91 Å². The number of hydrogen-bond acceptors (Lipinski definition) is 6. The first-order valence-corrected chi connectivity index (χ1v) is 11.2. The maximum Gasteiger partial charge on any atom is 0.223 e. The standard InChI is InChI=1S/C23H33N5O3/c1-16-14-18(4-5-20(16)30-3)15-27-9-6-21-25-26-22(28(21)11-10-27)17(2)24-23(29)19-7-12-31-13-8-19/h4-5,14,17,19H,6-13,15H2,1-3H3,(H,24,29)/t17-/m0/s1. The summed E-state index contributed by atoms with van der Waals surface area (Å²) >= 11 is 0. The molecule has 1 aromatic heterocycles. The van der Waals surface area contributed by atoms with Crippen LogP contribution in [0.5, 0.6) is 5.75 Å². The number of fused-ring (bicyclic) bond motifs is 1. The van der Waals surface area contributed by atoms with E-state index in [2.05, 4.69) is 44.0 Å². The van der Waals surface area contributed by atoms with E-state index < -0.39 is 0 Å². The molecule has 0 radical (unpaired) electrons. The van der Waals surface area contributed by atoms with Gasteiger partial charge in [0.25, 0.3) is 0 Å². The van der Waals surface area contributed by atoms with Crippen LogP contribution in [0.3, 0.4) is 0 Å². The van der Waals surface area contributed by atoms with Crippen LogP contribution >= 0.6 is 0 Å². The Morgan fingerprint density at radius 1 is 1.26 bits per heavy atom. The topological polar surface area (TPSA) is 81.5 Å². The Balaban J connectivity index is 1.37. The summed E-state index contributed by atoms with van der Waals surface area (Å²) in [4.78, 5) is 15.1. The van der Waals surface area contributed by atoms with E-state index in [9.17, 15) is 4.79 Å². The van der Waals surface area contributed by atoms with Gasteiger partial charge in [0.1, 0.15) is 11.6 Å². The first-order chi connectivity index (χ1) is 15.0. The lowest BCUT2D eigenvalue weighted by atomic mass is 9.99. The van der Waals surface area contributed by atoms with Gasteiger partial charge in [0.05, 0.1) is 13.2 Å². The van der Waals surface area contributed by atoms with Gasteiger partial charge in [0, 0.05) is 51.7 Å².